The summed E-state index contributed by atoms with van der Waals surface area (Å²) in [6, 6.07) is 17.6. The minimum atomic E-state index is -3.63. The van der Waals surface area contributed by atoms with Crippen molar-refractivity contribution in [1.29, 1.82) is 0 Å². The number of allylic oxidation sites excluding steroid dienone is 1. The molecule has 0 spiro atoms. The second kappa shape index (κ2) is 8.51. The van der Waals surface area contributed by atoms with Crippen molar-refractivity contribution < 1.29 is 8.42 Å². The molecule has 1 saturated carbocycles. The van der Waals surface area contributed by atoms with Crippen LogP contribution in [0.4, 0.5) is 0 Å². The Hall–Kier alpha value is -2.18. The number of nitrogens with zero attached hydrogens (tertiary/aromatic N) is 1. The Kier molecular flexibility index (Phi) is 6.39. The van der Waals surface area contributed by atoms with Crippen molar-refractivity contribution in [3.63, 3.8) is 0 Å². The SMILES string of the molecule is C=C1CC1(CCC/C(C)=N/NS(=O)(=O)c1ccc(C)cc1)[Si](C)(C)c1ccccc1. The largest absolute Gasteiger partial charge is 0.276 e. The van der Waals surface area contributed by atoms with Crippen molar-refractivity contribution in [2.24, 2.45) is 5.10 Å². The summed E-state index contributed by atoms with van der Waals surface area (Å²) in [5.41, 5.74) is 3.19. The van der Waals surface area contributed by atoms with Crippen LogP contribution in [0.25, 0.3) is 0 Å². The average Bonchev–Trinajstić information content (AvgIpc) is 3.39. The number of sulfonamides is 1. The highest BCUT2D eigenvalue weighted by Crippen LogP contribution is 2.67. The zero-order valence-corrected chi connectivity index (χ0v) is 20.2. The summed E-state index contributed by atoms with van der Waals surface area (Å²) >= 11 is 0. The summed E-state index contributed by atoms with van der Waals surface area (Å²) in [4.78, 5) is 2.60. The Morgan fingerprint density at radius 3 is 2.30 bits per heavy atom. The molecular formula is C24H32N2O2SSi. The Morgan fingerprint density at radius 1 is 1.13 bits per heavy atom. The highest BCUT2D eigenvalue weighted by atomic mass is 32.2. The van der Waals surface area contributed by atoms with Crippen molar-refractivity contribution in [2.45, 2.75) is 62.6 Å². The first-order valence-electron chi connectivity index (χ1n) is 10.4. The van der Waals surface area contributed by atoms with Gasteiger partial charge < -0.3 is 0 Å². The van der Waals surface area contributed by atoms with Crippen molar-refractivity contribution in [1.82, 2.24) is 4.83 Å². The van der Waals surface area contributed by atoms with Crippen LogP contribution in [0.2, 0.25) is 18.1 Å². The van der Waals surface area contributed by atoms with E-state index in [1.807, 2.05) is 13.8 Å². The van der Waals surface area contributed by atoms with Gasteiger partial charge in [-0.15, -0.1) is 0 Å². The molecule has 0 amide bonds. The molecule has 0 heterocycles. The zero-order valence-electron chi connectivity index (χ0n) is 18.4. The molecule has 0 aliphatic heterocycles. The molecule has 0 radical (unpaired) electrons. The first-order valence-corrected chi connectivity index (χ1v) is 14.9. The molecule has 1 atom stereocenters. The van der Waals surface area contributed by atoms with E-state index >= 15 is 0 Å². The third kappa shape index (κ3) is 4.60. The molecule has 30 heavy (non-hydrogen) atoms. The van der Waals surface area contributed by atoms with E-state index in [0.29, 0.717) is 0 Å². The van der Waals surface area contributed by atoms with Crippen LogP contribution < -0.4 is 10.0 Å². The molecule has 0 saturated heterocycles. The van der Waals surface area contributed by atoms with Gasteiger partial charge in [0.15, 0.2) is 0 Å². The second-order valence-corrected chi connectivity index (χ2v) is 15.4. The highest BCUT2D eigenvalue weighted by Gasteiger charge is 2.58. The van der Waals surface area contributed by atoms with Crippen molar-refractivity contribution in [3.8, 4) is 0 Å². The topological polar surface area (TPSA) is 58.5 Å². The second-order valence-electron chi connectivity index (χ2n) is 8.96. The first-order chi connectivity index (χ1) is 14.1. The Bertz CT molecular complexity index is 1040. The number of hydrogen-bond acceptors (Lipinski definition) is 3. The number of hydrogen-bond donors (Lipinski definition) is 1. The molecule has 3 rings (SSSR count). The van der Waals surface area contributed by atoms with Crippen LogP contribution in [-0.4, -0.2) is 22.2 Å². The number of aryl methyl sites for hydroxylation is 1. The van der Waals surface area contributed by atoms with Crippen LogP contribution in [0.5, 0.6) is 0 Å². The van der Waals surface area contributed by atoms with Crippen molar-refractivity contribution in [3.05, 3.63) is 72.3 Å². The van der Waals surface area contributed by atoms with E-state index in [9.17, 15) is 8.42 Å². The van der Waals surface area contributed by atoms with E-state index in [2.05, 4.69) is 59.9 Å². The third-order valence-electron chi connectivity index (χ3n) is 6.59. The van der Waals surface area contributed by atoms with Gasteiger partial charge in [-0.1, -0.05) is 78.5 Å². The van der Waals surface area contributed by atoms with Crippen LogP contribution in [0.1, 0.15) is 38.2 Å². The maximum absolute atomic E-state index is 12.4. The van der Waals surface area contributed by atoms with Crippen LogP contribution in [0.3, 0.4) is 0 Å². The molecule has 160 valence electrons. The fourth-order valence-electron chi connectivity index (χ4n) is 4.30. The predicted molar refractivity (Wildman–Crippen MR) is 128 cm³/mol. The van der Waals surface area contributed by atoms with E-state index in [1.165, 1.54) is 10.8 Å². The number of nitrogens with one attached hydrogen (secondary N) is 1. The Balaban J connectivity index is 1.60. The fraction of sp³-hybridized carbons (Fsp3) is 0.375. The minimum absolute atomic E-state index is 0.230. The summed E-state index contributed by atoms with van der Waals surface area (Å²) in [7, 11) is -5.31. The van der Waals surface area contributed by atoms with Gasteiger partial charge >= 0.3 is 0 Å². The molecular weight excluding hydrogens is 408 g/mol. The van der Waals surface area contributed by atoms with E-state index in [-0.39, 0.29) is 9.93 Å². The lowest BCUT2D eigenvalue weighted by Crippen LogP contribution is -2.47. The van der Waals surface area contributed by atoms with Gasteiger partial charge in [-0.3, -0.25) is 0 Å². The normalized spacial score (nSPS) is 19.6. The number of benzene rings is 2. The lowest BCUT2D eigenvalue weighted by atomic mass is 10.1. The van der Waals surface area contributed by atoms with Crippen LogP contribution >= 0.6 is 0 Å². The van der Waals surface area contributed by atoms with E-state index in [4.69, 9.17) is 0 Å². The maximum atomic E-state index is 12.4. The van der Waals surface area contributed by atoms with Gasteiger partial charge in [0.05, 0.1) is 13.0 Å². The van der Waals surface area contributed by atoms with E-state index in [0.717, 1.165) is 37.0 Å². The van der Waals surface area contributed by atoms with Gasteiger partial charge in [0, 0.05) is 5.71 Å². The van der Waals surface area contributed by atoms with Gasteiger partial charge in [-0.05, 0) is 56.7 Å². The smallest absolute Gasteiger partial charge is 0.200 e. The molecule has 1 N–H and O–H groups in total. The highest BCUT2D eigenvalue weighted by molar-refractivity contribution is 7.89. The lowest BCUT2D eigenvalue weighted by Gasteiger charge is -2.33. The van der Waals surface area contributed by atoms with E-state index in [1.54, 1.807) is 24.3 Å². The van der Waals surface area contributed by atoms with Gasteiger partial charge in [0.25, 0.3) is 10.0 Å². The molecule has 4 nitrogen and oxygen atoms in total. The molecule has 1 aliphatic carbocycles. The average molecular weight is 441 g/mol. The van der Waals surface area contributed by atoms with Crippen LogP contribution in [0.15, 0.2) is 76.7 Å². The summed E-state index contributed by atoms with van der Waals surface area (Å²) in [6.45, 7) is 13.0. The molecule has 2 aromatic rings. The van der Waals surface area contributed by atoms with Gasteiger partial charge in [0.2, 0.25) is 0 Å². The molecule has 0 bridgehead atoms. The van der Waals surface area contributed by atoms with Gasteiger partial charge in [-0.25, -0.2) is 4.83 Å². The number of hydrazone groups is 1. The number of rotatable bonds is 9. The summed E-state index contributed by atoms with van der Waals surface area (Å²) < 4.78 is 24.8. The molecule has 1 fully saturated rings. The fourth-order valence-corrected chi connectivity index (χ4v) is 9.10. The molecule has 2 aromatic carbocycles. The minimum Gasteiger partial charge on any atom is -0.200 e. The van der Waals surface area contributed by atoms with Crippen LogP contribution in [0, 0.1) is 6.92 Å². The molecule has 1 aliphatic rings. The lowest BCUT2D eigenvalue weighted by molar-refractivity contribution is 0.584. The molecule has 6 heteroatoms. The Labute approximate surface area is 182 Å². The van der Waals surface area contributed by atoms with Crippen molar-refractivity contribution in [2.75, 3.05) is 0 Å². The standard InChI is InChI=1S/C24H32N2O2SSi/c1-19-13-15-22(16-14-19)29(27,28)26-25-21(3)10-9-17-24(18-20(24)2)30(4,5)23-11-7-6-8-12-23/h6-8,11-16,26H,2,9-10,17-18H2,1,3-5H3/b25-21+. The zero-order chi connectivity index (χ0) is 22.0. The van der Waals surface area contributed by atoms with Gasteiger partial charge in [0.1, 0.15) is 0 Å². The summed E-state index contributed by atoms with van der Waals surface area (Å²) in [5, 5.41) is 5.86. The molecule has 1 unspecified atom stereocenters. The monoisotopic (exact) mass is 440 g/mol. The van der Waals surface area contributed by atoms with Crippen molar-refractivity contribution >= 4 is 29.0 Å². The first kappa shape index (κ1) is 22.5. The summed E-state index contributed by atoms with van der Waals surface area (Å²) in [5.74, 6) is 0. The summed E-state index contributed by atoms with van der Waals surface area (Å²) in [6.07, 6.45) is 3.93. The third-order valence-corrected chi connectivity index (χ3v) is 12.8. The Morgan fingerprint density at radius 2 is 1.73 bits per heavy atom. The molecule has 0 aromatic heterocycles. The predicted octanol–water partition coefficient (Wildman–Crippen LogP) is 5.14. The van der Waals surface area contributed by atoms with Gasteiger partial charge in [-0.2, -0.15) is 13.5 Å². The van der Waals surface area contributed by atoms with E-state index < -0.39 is 18.1 Å². The van der Waals surface area contributed by atoms with Crippen LogP contribution in [-0.2, 0) is 10.0 Å². The maximum Gasteiger partial charge on any atom is 0.276 e. The quantitative estimate of drug-likeness (QED) is 0.254.